The Labute approximate surface area is 86.8 Å². The van der Waals surface area contributed by atoms with Crippen molar-refractivity contribution in [1.82, 2.24) is 0 Å². The van der Waals surface area contributed by atoms with Gasteiger partial charge < -0.3 is 4.52 Å². The SMILES string of the molecule is CCC(CC)(CC)P(=O)(F)OC(C)C. The van der Waals surface area contributed by atoms with Crippen molar-refractivity contribution >= 4 is 7.68 Å². The van der Waals surface area contributed by atoms with Crippen molar-refractivity contribution in [3.05, 3.63) is 0 Å². The molecule has 0 aromatic heterocycles. The molecule has 14 heavy (non-hydrogen) atoms. The molecule has 2 nitrogen and oxygen atoms in total. The van der Waals surface area contributed by atoms with Crippen LogP contribution < -0.4 is 0 Å². The average molecular weight is 224 g/mol. The fourth-order valence-corrected chi connectivity index (χ4v) is 3.60. The summed E-state index contributed by atoms with van der Waals surface area (Å²) >= 11 is 0. The molecule has 0 aliphatic rings. The average Bonchev–Trinajstić information content (AvgIpc) is 2.05. The first-order valence-electron chi connectivity index (χ1n) is 5.33. The van der Waals surface area contributed by atoms with E-state index in [1.165, 1.54) is 0 Å². The molecule has 0 bridgehead atoms. The number of hydrogen-bond acceptors (Lipinski definition) is 2. The molecular formula is C10H22FO2P. The summed E-state index contributed by atoms with van der Waals surface area (Å²) in [7, 11) is -3.99. The van der Waals surface area contributed by atoms with E-state index in [1.807, 2.05) is 20.8 Å². The van der Waals surface area contributed by atoms with Crippen LogP contribution in [0.4, 0.5) is 4.20 Å². The molecule has 0 radical (unpaired) electrons. The Kier molecular flexibility index (Phi) is 5.32. The largest absolute Gasteiger partial charge is 0.373 e. The molecule has 0 aliphatic heterocycles. The number of hydrogen-bond donors (Lipinski definition) is 0. The molecule has 1 unspecified atom stereocenters. The van der Waals surface area contributed by atoms with Gasteiger partial charge in [-0.2, -0.15) is 4.20 Å². The third-order valence-corrected chi connectivity index (χ3v) is 5.66. The van der Waals surface area contributed by atoms with Gasteiger partial charge in [-0.05, 0) is 33.1 Å². The highest BCUT2D eigenvalue weighted by atomic mass is 31.2. The zero-order valence-electron chi connectivity index (χ0n) is 9.84. The topological polar surface area (TPSA) is 26.3 Å². The molecular weight excluding hydrogens is 202 g/mol. The maximum absolute atomic E-state index is 14.0. The molecule has 4 heteroatoms. The van der Waals surface area contributed by atoms with Crippen LogP contribution in [-0.4, -0.2) is 11.3 Å². The summed E-state index contributed by atoms with van der Waals surface area (Å²) in [6.07, 6.45) is 1.34. The highest BCUT2D eigenvalue weighted by Gasteiger charge is 2.46. The molecule has 86 valence electrons. The standard InChI is InChI=1S/C10H22FO2P/c1-6-10(7-2,8-3)14(11,12)13-9(4)5/h9H,6-8H2,1-5H3. The lowest BCUT2D eigenvalue weighted by Crippen LogP contribution is -2.26. The molecule has 0 aliphatic carbocycles. The predicted octanol–water partition coefficient (Wildman–Crippen LogP) is 4.54. The van der Waals surface area contributed by atoms with Crippen molar-refractivity contribution in [2.75, 3.05) is 0 Å². The van der Waals surface area contributed by atoms with Crippen molar-refractivity contribution in [3.63, 3.8) is 0 Å². The lowest BCUT2D eigenvalue weighted by atomic mass is 9.99. The Morgan fingerprint density at radius 3 is 1.79 bits per heavy atom. The van der Waals surface area contributed by atoms with E-state index in [2.05, 4.69) is 0 Å². The molecule has 0 aromatic carbocycles. The summed E-state index contributed by atoms with van der Waals surface area (Å²) in [6.45, 7) is 9.00. The highest BCUT2D eigenvalue weighted by molar-refractivity contribution is 7.55. The first-order chi connectivity index (χ1) is 6.35. The lowest BCUT2D eigenvalue weighted by Gasteiger charge is -2.33. The zero-order chi connectivity index (χ0) is 11.4. The Morgan fingerprint density at radius 1 is 1.21 bits per heavy atom. The molecule has 0 fully saturated rings. The summed E-state index contributed by atoms with van der Waals surface area (Å²) < 4.78 is 30.8. The van der Waals surface area contributed by atoms with E-state index in [0.717, 1.165) is 0 Å². The van der Waals surface area contributed by atoms with Crippen molar-refractivity contribution in [2.45, 2.75) is 65.1 Å². The zero-order valence-corrected chi connectivity index (χ0v) is 10.7. The minimum atomic E-state index is -3.99. The maximum atomic E-state index is 14.0. The van der Waals surface area contributed by atoms with Gasteiger partial charge in [0.2, 0.25) is 0 Å². The lowest BCUT2D eigenvalue weighted by molar-refractivity contribution is 0.201. The van der Waals surface area contributed by atoms with E-state index >= 15 is 0 Å². The smallest absolute Gasteiger partial charge is 0.302 e. The molecule has 0 amide bonds. The second-order valence-corrected chi connectivity index (χ2v) is 6.04. The van der Waals surface area contributed by atoms with Crippen LogP contribution in [0.15, 0.2) is 0 Å². The van der Waals surface area contributed by atoms with Gasteiger partial charge in [0.1, 0.15) is 0 Å². The Hall–Kier alpha value is 0.120. The molecule has 0 spiro atoms. The highest BCUT2D eigenvalue weighted by Crippen LogP contribution is 2.65. The normalized spacial score (nSPS) is 17.1. The summed E-state index contributed by atoms with van der Waals surface area (Å²) in [4.78, 5) is 0. The second kappa shape index (κ2) is 5.27. The van der Waals surface area contributed by atoms with Crippen LogP contribution in [0.3, 0.4) is 0 Å². The summed E-state index contributed by atoms with van der Waals surface area (Å²) in [5.74, 6) is 0. The van der Waals surface area contributed by atoms with E-state index in [9.17, 15) is 8.76 Å². The van der Waals surface area contributed by atoms with Crippen molar-refractivity contribution in [1.29, 1.82) is 0 Å². The van der Waals surface area contributed by atoms with Gasteiger partial charge >= 0.3 is 7.68 Å². The van der Waals surface area contributed by atoms with Crippen LogP contribution in [0, 0.1) is 0 Å². The second-order valence-electron chi connectivity index (χ2n) is 3.92. The van der Waals surface area contributed by atoms with Gasteiger partial charge in [-0.25, -0.2) is 0 Å². The predicted molar refractivity (Wildman–Crippen MR) is 58.5 cm³/mol. The number of halogens is 1. The summed E-state index contributed by atoms with van der Waals surface area (Å²) in [6, 6.07) is 0. The Bertz CT molecular complexity index is 204. The van der Waals surface area contributed by atoms with E-state index in [0.29, 0.717) is 19.3 Å². The quantitative estimate of drug-likeness (QED) is 0.619. The van der Waals surface area contributed by atoms with Gasteiger partial charge in [0.15, 0.2) is 0 Å². The third kappa shape index (κ3) is 2.80. The van der Waals surface area contributed by atoms with Crippen LogP contribution >= 0.6 is 7.68 Å². The molecule has 0 aromatic rings. The van der Waals surface area contributed by atoms with Gasteiger partial charge in [-0.1, -0.05) is 20.8 Å². The Balaban J connectivity index is 4.89. The fourth-order valence-electron chi connectivity index (χ4n) is 1.70. The van der Waals surface area contributed by atoms with Crippen LogP contribution in [0.1, 0.15) is 53.9 Å². The third-order valence-electron chi connectivity index (χ3n) is 2.89. The van der Waals surface area contributed by atoms with E-state index in [4.69, 9.17) is 4.52 Å². The minimum Gasteiger partial charge on any atom is -0.302 e. The van der Waals surface area contributed by atoms with Gasteiger partial charge in [-0.15, -0.1) is 0 Å². The minimum absolute atomic E-state index is 0.324. The van der Waals surface area contributed by atoms with Crippen LogP contribution in [0.5, 0.6) is 0 Å². The molecule has 1 atom stereocenters. The van der Waals surface area contributed by atoms with Gasteiger partial charge in [0.25, 0.3) is 0 Å². The van der Waals surface area contributed by atoms with Crippen molar-refractivity contribution in [3.8, 4) is 0 Å². The van der Waals surface area contributed by atoms with Crippen molar-refractivity contribution < 1.29 is 13.3 Å². The molecule has 0 saturated carbocycles. The Morgan fingerprint density at radius 2 is 1.57 bits per heavy atom. The molecule has 0 rings (SSSR count). The summed E-state index contributed by atoms with van der Waals surface area (Å²) in [5.41, 5.74) is 0. The number of rotatable bonds is 6. The van der Waals surface area contributed by atoms with E-state index in [1.54, 1.807) is 13.8 Å². The van der Waals surface area contributed by atoms with E-state index < -0.39 is 12.8 Å². The van der Waals surface area contributed by atoms with E-state index in [-0.39, 0.29) is 6.10 Å². The monoisotopic (exact) mass is 224 g/mol. The van der Waals surface area contributed by atoms with Crippen LogP contribution in [0.25, 0.3) is 0 Å². The van der Waals surface area contributed by atoms with Crippen molar-refractivity contribution in [2.24, 2.45) is 0 Å². The van der Waals surface area contributed by atoms with Gasteiger partial charge in [0.05, 0.1) is 11.3 Å². The van der Waals surface area contributed by atoms with Gasteiger partial charge in [-0.3, -0.25) is 4.57 Å². The fraction of sp³-hybridized carbons (Fsp3) is 1.00. The molecule has 0 saturated heterocycles. The van der Waals surface area contributed by atoms with Crippen LogP contribution in [0.2, 0.25) is 0 Å². The maximum Gasteiger partial charge on any atom is 0.373 e. The first-order valence-corrected chi connectivity index (χ1v) is 6.85. The molecule has 0 N–H and O–H groups in total. The van der Waals surface area contributed by atoms with Gasteiger partial charge in [0, 0.05) is 0 Å². The first kappa shape index (κ1) is 14.1. The van der Waals surface area contributed by atoms with Crippen LogP contribution in [-0.2, 0) is 9.09 Å². The summed E-state index contributed by atoms with van der Waals surface area (Å²) in [5, 5.41) is -0.780. The molecule has 0 heterocycles.